The number of hydrogen-bond acceptors (Lipinski definition) is 1. The molecule has 0 heterocycles. The number of methoxy groups -OCH3 is 1. The highest BCUT2D eigenvalue weighted by Crippen LogP contribution is 2.41. The molecular weight excluding hydrogens is 241 g/mol. The van der Waals surface area contributed by atoms with E-state index in [4.69, 9.17) is 4.74 Å². The summed E-state index contributed by atoms with van der Waals surface area (Å²) in [7, 11) is 1.66. The molecule has 0 saturated heterocycles. The van der Waals surface area contributed by atoms with Crippen molar-refractivity contribution in [3.8, 4) is 0 Å². The van der Waals surface area contributed by atoms with Crippen LogP contribution in [0.3, 0.4) is 0 Å². The second-order valence-corrected chi connectivity index (χ2v) is 4.89. The maximum atomic E-state index is 12.7. The van der Waals surface area contributed by atoms with Crippen molar-refractivity contribution in [2.45, 2.75) is 39.3 Å². The molecule has 2 unspecified atom stereocenters. The minimum atomic E-state index is -4.20. The third-order valence-corrected chi connectivity index (χ3v) is 3.69. The van der Waals surface area contributed by atoms with Crippen molar-refractivity contribution < 1.29 is 17.9 Å². The fourth-order valence-corrected chi connectivity index (χ4v) is 2.33. The van der Waals surface area contributed by atoms with Gasteiger partial charge >= 0.3 is 6.18 Å². The third kappa shape index (κ3) is 3.87. The van der Waals surface area contributed by atoms with Crippen LogP contribution in [0.5, 0.6) is 0 Å². The highest BCUT2D eigenvalue weighted by molar-refractivity contribution is 5.31. The van der Waals surface area contributed by atoms with Crippen LogP contribution in [0.25, 0.3) is 0 Å². The predicted molar refractivity (Wildman–Crippen MR) is 66.3 cm³/mol. The lowest BCUT2D eigenvalue weighted by Gasteiger charge is -2.30. The largest absolute Gasteiger partial charge is 0.412 e. The summed E-state index contributed by atoms with van der Waals surface area (Å²) in [5.41, 5.74) is 0.710. The van der Waals surface area contributed by atoms with Gasteiger partial charge in [0.05, 0.1) is 0 Å². The van der Waals surface area contributed by atoms with Gasteiger partial charge in [-0.05, 0) is 31.1 Å². The van der Waals surface area contributed by atoms with Crippen molar-refractivity contribution >= 4 is 0 Å². The van der Waals surface area contributed by atoms with Crippen LogP contribution in [0.2, 0.25) is 0 Å². The molecule has 0 aromatic carbocycles. The number of alkyl halides is 3. The van der Waals surface area contributed by atoms with Crippen LogP contribution in [0.4, 0.5) is 13.2 Å². The van der Waals surface area contributed by atoms with E-state index in [2.05, 4.69) is 0 Å². The SMILES string of the molecule is COCCCCC1=CC=C(C(F)(F)F)C(C)C1C. The van der Waals surface area contributed by atoms with Gasteiger partial charge in [0, 0.05) is 19.3 Å². The number of allylic oxidation sites excluding steroid dienone is 4. The summed E-state index contributed by atoms with van der Waals surface area (Å²) >= 11 is 0. The second kappa shape index (κ2) is 6.41. The van der Waals surface area contributed by atoms with E-state index in [9.17, 15) is 13.2 Å². The Morgan fingerprint density at radius 2 is 1.78 bits per heavy atom. The first-order valence-electron chi connectivity index (χ1n) is 6.34. The molecule has 18 heavy (non-hydrogen) atoms. The lowest BCUT2D eigenvalue weighted by Crippen LogP contribution is -2.26. The highest BCUT2D eigenvalue weighted by Gasteiger charge is 2.40. The number of unbranched alkanes of at least 4 members (excludes halogenated alkanes) is 1. The van der Waals surface area contributed by atoms with Crippen molar-refractivity contribution in [2.24, 2.45) is 11.8 Å². The molecular formula is C14H21F3O. The average Bonchev–Trinajstić information content (AvgIpc) is 2.28. The molecule has 1 aliphatic carbocycles. The molecule has 0 fully saturated rings. The van der Waals surface area contributed by atoms with Gasteiger partial charge in [0.1, 0.15) is 0 Å². The van der Waals surface area contributed by atoms with Crippen molar-refractivity contribution in [1.29, 1.82) is 0 Å². The number of hydrogen-bond donors (Lipinski definition) is 0. The van der Waals surface area contributed by atoms with E-state index in [1.807, 2.05) is 6.92 Å². The van der Waals surface area contributed by atoms with E-state index in [-0.39, 0.29) is 5.92 Å². The van der Waals surface area contributed by atoms with E-state index < -0.39 is 17.7 Å². The first-order chi connectivity index (χ1) is 8.38. The normalized spacial score (nSPS) is 24.8. The molecule has 0 aliphatic heterocycles. The van der Waals surface area contributed by atoms with Crippen LogP contribution >= 0.6 is 0 Å². The van der Waals surface area contributed by atoms with Gasteiger partial charge in [-0.3, -0.25) is 0 Å². The lowest BCUT2D eigenvalue weighted by molar-refractivity contribution is -0.100. The summed E-state index contributed by atoms with van der Waals surface area (Å²) < 4.78 is 43.2. The first-order valence-corrected chi connectivity index (χ1v) is 6.34. The van der Waals surface area contributed by atoms with Crippen molar-refractivity contribution in [2.75, 3.05) is 13.7 Å². The van der Waals surface area contributed by atoms with Gasteiger partial charge in [0.2, 0.25) is 0 Å². The zero-order valence-electron chi connectivity index (χ0n) is 11.2. The van der Waals surface area contributed by atoms with Gasteiger partial charge in [-0.1, -0.05) is 31.6 Å². The third-order valence-electron chi connectivity index (χ3n) is 3.69. The van der Waals surface area contributed by atoms with Crippen molar-refractivity contribution in [3.63, 3.8) is 0 Å². The molecule has 104 valence electrons. The fraction of sp³-hybridized carbons (Fsp3) is 0.714. The van der Waals surface area contributed by atoms with Crippen molar-refractivity contribution in [3.05, 3.63) is 23.3 Å². The van der Waals surface area contributed by atoms with Gasteiger partial charge in [-0.2, -0.15) is 13.2 Å². The summed E-state index contributed by atoms with van der Waals surface area (Å²) in [4.78, 5) is 0. The molecule has 4 heteroatoms. The molecule has 0 radical (unpaired) electrons. The van der Waals surface area contributed by atoms with E-state index >= 15 is 0 Å². The first kappa shape index (κ1) is 15.3. The average molecular weight is 262 g/mol. The Kier molecular flexibility index (Phi) is 5.45. The van der Waals surface area contributed by atoms with Gasteiger partial charge in [0.25, 0.3) is 0 Å². The topological polar surface area (TPSA) is 9.23 Å². The van der Waals surface area contributed by atoms with Gasteiger partial charge < -0.3 is 4.74 Å². The van der Waals surface area contributed by atoms with Crippen LogP contribution in [0, 0.1) is 11.8 Å². The Balaban J connectivity index is 2.65. The smallest absolute Gasteiger partial charge is 0.385 e. The summed E-state index contributed by atoms with van der Waals surface area (Å²) in [5.74, 6) is -0.485. The quantitative estimate of drug-likeness (QED) is 0.663. The van der Waals surface area contributed by atoms with E-state index in [0.717, 1.165) is 24.8 Å². The lowest BCUT2D eigenvalue weighted by atomic mass is 9.77. The zero-order chi connectivity index (χ0) is 13.8. The standard InChI is InChI=1S/C14H21F3O/c1-10-11(2)13(14(15,16)17)8-7-12(10)6-4-5-9-18-3/h7-8,10-11H,4-6,9H2,1-3H3. The molecule has 0 spiro atoms. The van der Waals surface area contributed by atoms with E-state index in [0.29, 0.717) is 6.61 Å². The summed E-state index contributed by atoms with van der Waals surface area (Å²) in [6, 6.07) is 0. The van der Waals surface area contributed by atoms with Crippen molar-refractivity contribution in [1.82, 2.24) is 0 Å². The maximum Gasteiger partial charge on any atom is 0.412 e. The molecule has 0 amide bonds. The molecule has 0 N–H and O–H groups in total. The van der Waals surface area contributed by atoms with Crippen LogP contribution in [0.15, 0.2) is 23.3 Å². The maximum absolute atomic E-state index is 12.7. The Morgan fingerprint density at radius 3 is 2.33 bits per heavy atom. The molecule has 1 rings (SSSR count). The van der Waals surface area contributed by atoms with Gasteiger partial charge in [0.15, 0.2) is 0 Å². The molecule has 1 nitrogen and oxygen atoms in total. The Labute approximate surface area is 107 Å². The predicted octanol–water partition coefficient (Wildman–Crippen LogP) is 4.50. The summed E-state index contributed by atoms with van der Waals surface area (Å²) in [5, 5.41) is 0. The van der Waals surface area contributed by atoms with Crippen LogP contribution < -0.4 is 0 Å². The summed E-state index contributed by atoms with van der Waals surface area (Å²) in [6.45, 7) is 4.25. The Morgan fingerprint density at radius 1 is 1.11 bits per heavy atom. The van der Waals surface area contributed by atoms with Gasteiger partial charge in [-0.15, -0.1) is 0 Å². The van der Waals surface area contributed by atoms with Gasteiger partial charge in [-0.25, -0.2) is 0 Å². The molecule has 0 aromatic rings. The molecule has 0 saturated carbocycles. The minimum Gasteiger partial charge on any atom is -0.385 e. The van der Waals surface area contributed by atoms with E-state index in [1.54, 1.807) is 20.1 Å². The Hall–Kier alpha value is -0.770. The second-order valence-electron chi connectivity index (χ2n) is 4.89. The van der Waals surface area contributed by atoms with Crippen LogP contribution in [-0.2, 0) is 4.74 Å². The molecule has 0 aromatic heterocycles. The molecule has 1 aliphatic rings. The fourth-order valence-electron chi connectivity index (χ4n) is 2.33. The zero-order valence-corrected chi connectivity index (χ0v) is 11.2. The number of rotatable bonds is 5. The minimum absolute atomic E-state index is 0.0332. The summed E-state index contributed by atoms with van der Waals surface area (Å²) in [6.07, 6.45) is 1.47. The van der Waals surface area contributed by atoms with Crippen LogP contribution in [-0.4, -0.2) is 19.9 Å². The highest BCUT2D eigenvalue weighted by atomic mass is 19.4. The number of ether oxygens (including phenoxy) is 1. The molecule has 0 bridgehead atoms. The van der Waals surface area contributed by atoms with E-state index in [1.165, 1.54) is 6.08 Å². The Bertz CT molecular complexity index is 328. The van der Waals surface area contributed by atoms with Crippen LogP contribution in [0.1, 0.15) is 33.1 Å². The number of halogens is 3. The molecule has 2 atom stereocenters. The monoisotopic (exact) mass is 262 g/mol.